The molecule has 41 heavy (non-hydrogen) atoms. The molecule has 1 aliphatic heterocycles. The zero-order valence-corrected chi connectivity index (χ0v) is 24.9. The van der Waals surface area contributed by atoms with Crippen LogP contribution in [0.1, 0.15) is 38.6 Å². The minimum atomic E-state index is -0.652. The minimum Gasteiger partial charge on any atom is -0.453 e. The molecule has 4 heterocycles. The Bertz CT molecular complexity index is 1670. The Labute approximate surface area is 247 Å². The number of likely N-dealkylation sites (tertiary alicyclic amines) is 1. The average molecular weight is 585 g/mol. The first-order valence-corrected chi connectivity index (χ1v) is 15.5. The summed E-state index contributed by atoms with van der Waals surface area (Å²) in [6.07, 6.45) is 2.94. The molecule has 1 aliphatic rings. The number of hydrogen-bond acceptors (Lipinski definition) is 6. The smallest absolute Gasteiger partial charge is 0.407 e. The number of ether oxygens (including phenoxy) is 1. The van der Waals surface area contributed by atoms with Crippen LogP contribution in [0.5, 0.6) is 0 Å². The number of alkyl carbamates (subject to hydrolysis) is 1. The highest BCUT2D eigenvalue weighted by Gasteiger charge is 2.37. The van der Waals surface area contributed by atoms with Gasteiger partial charge in [-0.2, -0.15) is 0 Å². The van der Waals surface area contributed by atoms with Crippen molar-refractivity contribution in [3.8, 4) is 33.5 Å². The quantitative estimate of drug-likeness (QED) is 0.205. The van der Waals surface area contributed by atoms with E-state index in [2.05, 4.69) is 74.6 Å². The molecule has 5 aromatic rings. The summed E-state index contributed by atoms with van der Waals surface area (Å²) in [5.74, 6) is 0.584. The third-order valence-electron chi connectivity index (χ3n) is 7.71. The number of methoxy groups -OCH3 is 1. The molecular weight excluding hydrogens is 553 g/mol. The molecule has 210 valence electrons. The summed E-state index contributed by atoms with van der Waals surface area (Å²) in [7, 11) is 1.30. The van der Waals surface area contributed by atoms with Crippen LogP contribution in [0.2, 0.25) is 0 Å². The fraction of sp³-hybridized carbons (Fsp3) is 0.281. The summed E-state index contributed by atoms with van der Waals surface area (Å²) in [4.78, 5) is 35.3. The SMILES string of the molecule is COC(=O)NC(C(=O)N1CCCC1c1ncc(-c2ccc(-c3csc4c(-c5ccccc5)csc34)cc2)[nH]1)C(C)C. The number of aromatic nitrogens is 2. The largest absolute Gasteiger partial charge is 0.453 e. The van der Waals surface area contributed by atoms with E-state index < -0.39 is 12.1 Å². The Morgan fingerprint density at radius 2 is 1.61 bits per heavy atom. The second kappa shape index (κ2) is 11.5. The number of H-pyrrole nitrogens is 1. The fourth-order valence-electron chi connectivity index (χ4n) is 5.51. The first kappa shape index (κ1) is 27.2. The van der Waals surface area contributed by atoms with Gasteiger partial charge < -0.3 is 19.9 Å². The molecule has 3 aromatic heterocycles. The molecule has 2 amide bonds. The van der Waals surface area contributed by atoms with E-state index in [1.165, 1.54) is 38.8 Å². The molecule has 2 atom stereocenters. The van der Waals surface area contributed by atoms with Crippen molar-refractivity contribution in [3.05, 3.63) is 77.4 Å². The summed E-state index contributed by atoms with van der Waals surface area (Å²) >= 11 is 3.59. The van der Waals surface area contributed by atoms with Gasteiger partial charge in [-0.15, -0.1) is 22.7 Å². The first-order valence-electron chi connectivity index (χ1n) is 13.8. The number of thiophene rings is 2. The molecule has 6 rings (SSSR count). The van der Waals surface area contributed by atoms with Crippen molar-refractivity contribution >= 4 is 44.1 Å². The van der Waals surface area contributed by atoms with E-state index in [1.807, 2.05) is 31.0 Å². The van der Waals surface area contributed by atoms with Crippen molar-refractivity contribution in [1.29, 1.82) is 0 Å². The molecule has 0 radical (unpaired) electrons. The zero-order chi connectivity index (χ0) is 28.5. The Morgan fingerprint density at radius 3 is 2.24 bits per heavy atom. The van der Waals surface area contributed by atoms with Crippen LogP contribution >= 0.6 is 22.7 Å². The van der Waals surface area contributed by atoms with Crippen LogP contribution in [0, 0.1) is 5.92 Å². The molecule has 1 fully saturated rings. The number of rotatable bonds is 7. The maximum atomic E-state index is 13.4. The minimum absolute atomic E-state index is 0.0721. The molecule has 2 N–H and O–H groups in total. The Morgan fingerprint density at radius 1 is 0.976 bits per heavy atom. The van der Waals surface area contributed by atoms with Crippen molar-refractivity contribution in [2.75, 3.05) is 13.7 Å². The molecule has 2 unspecified atom stereocenters. The van der Waals surface area contributed by atoms with Crippen molar-refractivity contribution in [2.45, 2.75) is 38.8 Å². The standard InChI is InChI=1S/C32H32N4O3S2/c1-19(2)27(35-32(38)39-3)31(37)36-15-7-10-26(36)30-33-16-25(34-30)22-13-11-21(12-14-22)24-18-41-28-23(17-40-29(24)28)20-8-5-4-6-9-20/h4-6,8-9,11-14,16-19,26-27H,7,10,15H2,1-3H3,(H,33,34)(H,35,38). The topological polar surface area (TPSA) is 87.3 Å². The molecule has 9 heteroatoms. The average Bonchev–Trinajstić information content (AvgIpc) is 3.80. The van der Waals surface area contributed by atoms with Gasteiger partial charge in [-0.05, 0) is 35.4 Å². The molecule has 1 saturated heterocycles. The van der Waals surface area contributed by atoms with Gasteiger partial charge in [0.15, 0.2) is 0 Å². The predicted octanol–water partition coefficient (Wildman–Crippen LogP) is 7.73. The summed E-state index contributed by atoms with van der Waals surface area (Å²) in [5.41, 5.74) is 6.94. The van der Waals surface area contributed by atoms with Gasteiger partial charge in [0.05, 0.1) is 34.4 Å². The van der Waals surface area contributed by atoms with E-state index in [4.69, 9.17) is 4.74 Å². The second-order valence-corrected chi connectivity index (χ2v) is 12.4. The number of nitrogens with one attached hydrogen (secondary N) is 2. The van der Waals surface area contributed by atoms with E-state index in [0.717, 1.165) is 29.9 Å². The summed E-state index contributed by atoms with van der Waals surface area (Å²) < 4.78 is 7.39. The number of fused-ring (bicyclic) bond motifs is 1. The van der Waals surface area contributed by atoms with Crippen LogP contribution in [-0.4, -0.2) is 46.6 Å². The number of carbonyl (C=O) groups is 2. The molecule has 2 aromatic carbocycles. The molecule has 0 saturated carbocycles. The van der Waals surface area contributed by atoms with Crippen molar-refractivity contribution in [2.24, 2.45) is 5.92 Å². The van der Waals surface area contributed by atoms with Gasteiger partial charge in [0.1, 0.15) is 11.9 Å². The zero-order valence-electron chi connectivity index (χ0n) is 23.2. The van der Waals surface area contributed by atoms with Gasteiger partial charge in [0.2, 0.25) is 5.91 Å². The Kier molecular flexibility index (Phi) is 7.64. The first-order chi connectivity index (χ1) is 19.9. The number of benzene rings is 2. The van der Waals surface area contributed by atoms with Crippen molar-refractivity contribution in [1.82, 2.24) is 20.2 Å². The maximum absolute atomic E-state index is 13.4. The summed E-state index contributed by atoms with van der Waals surface area (Å²) in [5, 5.41) is 7.21. The number of imidazole rings is 1. The number of aromatic amines is 1. The van der Waals surface area contributed by atoms with Crippen LogP contribution in [-0.2, 0) is 9.53 Å². The highest BCUT2D eigenvalue weighted by molar-refractivity contribution is 7.27. The van der Waals surface area contributed by atoms with Gasteiger partial charge in [0, 0.05) is 28.4 Å². The van der Waals surface area contributed by atoms with Gasteiger partial charge in [-0.1, -0.05) is 68.4 Å². The molecule has 0 bridgehead atoms. The lowest BCUT2D eigenvalue weighted by molar-refractivity contribution is -0.135. The van der Waals surface area contributed by atoms with Gasteiger partial charge in [-0.25, -0.2) is 9.78 Å². The predicted molar refractivity (Wildman–Crippen MR) is 166 cm³/mol. The van der Waals surface area contributed by atoms with E-state index >= 15 is 0 Å². The van der Waals surface area contributed by atoms with Crippen LogP contribution < -0.4 is 5.32 Å². The highest BCUT2D eigenvalue weighted by atomic mass is 32.1. The number of carbonyl (C=O) groups excluding carboxylic acids is 2. The van der Waals surface area contributed by atoms with Crippen molar-refractivity contribution in [3.63, 3.8) is 0 Å². The van der Waals surface area contributed by atoms with Gasteiger partial charge >= 0.3 is 6.09 Å². The number of hydrogen-bond donors (Lipinski definition) is 2. The van der Waals surface area contributed by atoms with Crippen molar-refractivity contribution < 1.29 is 14.3 Å². The van der Waals surface area contributed by atoms with Crippen LogP contribution in [0.4, 0.5) is 4.79 Å². The molecule has 0 spiro atoms. The van der Waals surface area contributed by atoms with Gasteiger partial charge in [-0.3, -0.25) is 4.79 Å². The normalized spacial score (nSPS) is 15.9. The Balaban J connectivity index is 1.20. The highest BCUT2D eigenvalue weighted by Crippen LogP contribution is 2.44. The second-order valence-electron chi connectivity index (χ2n) is 10.6. The van der Waals surface area contributed by atoms with E-state index in [1.54, 1.807) is 22.7 Å². The van der Waals surface area contributed by atoms with Gasteiger partial charge in [0.25, 0.3) is 0 Å². The lowest BCUT2D eigenvalue weighted by Gasteiger charge is -2.30. The van der Waals surface area contributed by atoms with Crippen LogP contribution in [0.15, 0.2) is 71.6 Å². The van der Waals surface area contributed by atoms with E-state index in [0.29, 0.717) is 6.54 Å². The number of amides is 2. The summed E-state index contributed by atoms with van der Waals surface area (Å²) in [6, 6.07) is 18.3. The maximum Gasteiger partial charge on any atom is 0.407 e. The summed E-state index contributed by atoms with van der Waals surface area (Å²) in [6.45, 7) is 4.46. The third-order valence-corrected chi connectivity index (χ3v) is 9.87. The fourth-order valence-corrected chi connectivity index (χ4v) is 7.97. The molecular formula is C32H32N4O3S2. The molecule has 0 aliphatic carbocycles. The third kappa shape index (κ3) is 5.27. The van der Waals surface area contributed by atoms with E-state index in [9.17, 15) is 9.59 Å². The number of nitrogens with zero attached hydrogens (tertiary/aromatic N) is 2. The van der Waals surface area contributed by atoms with Crippen LogP contribution in [0.25, 0.3) is 42.9 Å². The molecule has 7 nitrogen and oxygen atoms in total. The monoisotopic (exact) mass is 584 g/mol. The lowest BCUT2D eigenvalue weighted by atomic mass is 10.0. The van der Waals surface area contributed by atoms with E-state index in [-0.39, 0.29) is 17.9 Å². The lowest BCUT2D eigenvalue weighted by Crippen LogP contribution is -2.51. The Hall–Kier alpha value is -3.95. The van der Waals surface area contributed by atoms with Crippen LogP contribution in [0.3, 0.4) is 0 Å².